The minimum absolute atomic E-state index is 0.0793. The summed E-state index contributed by atoms with van der Waals surface area (Å²) in [6, 6.07) is 7.54. The fourth-order valence-electron chi connectivity index (χ4n) is 2.56. The van der Waals surface area contributed by atoms with E-state index in [0.29, 0.717) is 17.9 Å². The lowest BCUT2D eigenvalue weighted by atomic mass is 9.94. The van der Waals surface area contributed by atoms with Gasteiger partial charge in [-0.15, -0.1) is 0 Å². The van der Waals surface area contributed by atoms with Gasteiger partial charge in [-0.2, -0.15) is 0 Å². The van der Waals surface area contributed by atoms with Crippen molar-refractivity contribution in [1.29, 1.82) is 0 Å². The average Bonchev–Trinajstić information content (AvgIpc) is 2.97. The number of para-hydroxylation sites is 1. The van der Waals surface area contributed by atoms with Crippen LogP contribution in [0, 0.1) is 0 Å². The molecule has 25 heavy (non-hydrogen) atoms. The van der Waals surface area contributed by atoms with Crippen molar-refractivity contribution >= 4 is 17.5 Å². The molecule has 0 saturated heterocycles. The first-order chi connectivity index (χ1) is 11.9. The van der Waals surface area contributed by atoms with E-state index in [1.54, 1.807) is 14.0 Å². The molecule has 1 heterocycles. The van der Waals surface area contributed by atoms with Gasteiger partial charge < -0.3 is 20.2 Å². The highest BCUT2D eigenvalue weighted by Gasteiger charge is 2.42. The van der Waals surface area contributed by atoms with E-state index in [1.807, 2.05) is 38.1 Å². The summed E-state index contributed by atoms with van der Waals surface area (Å²) < 4.78 is 5.33. The Morgan fingerprint density at radius 2 is 2.08 bits per heavy atom. The Morgan fingerprint density at radius 3 is 2.76 bits per heavy atom. The van der Waals surface area contributed by atoms with Crippen molar-refractivity contribution in [3.8, 4) is 5.75 Å². The largest absolute Gasteiger partial charge is 0.496 e. The zero-order chi connectivity index (χ0) is 18.4. The Labute approximate surface area is 147 Å². The highest BCUT2D eigenvalue weighted by Crippen LogP contribution is 2.30. The fourth-order valence-corrected chi connectivity index (χ4v) is 2.56. The Bertz CT molecular complexity index is 672. The number of rotatable bonds is 7. The van der Waals surface area contributed by atoms with Crippen molar-refractivity contribution in [2.24, 2.45) is 5.16 Å². The third-order valence-electron chi connectivity index (χ3n) is 3.85. The van der Waals surface area contributed by atoms with Crippen LogP contribution in [0.1, 0.15) is 39.2 Å². The summed E-state index contributed by atoms with van der Waals surface area (Å²) in [5, 5.41) is 9.59. The number of carbonyl (C=O) groups excluding carboxylic acids is 2. The van der Waals surface area contributed by atoms with E-state index in [-0.39, 0.29) is 30.8 Å². The predicted molar refractivity (Wildman–Crippen MR) is 94.5 cm³/mol. The molecular formula is C18H25N3O4. The first-order valence-electron chi connectivity index (χ1n) is 8.32. The van der Waals surface area contributed by atoms with Gasteiger partial charge in [0, 0.05) is 31.0 Å². The first-order valence-corrected chi connectivity index (χ1v) is 8.32. The molecule has 1 aromatic carbocycles. The van der Waals surface area contributed by atoms with E-state index < -0.39 is 5.60 Å². The molecule has 2 rings (SSSR count). The Kier molecular flexibility index (Phi) is 6.01. The number of nitrogens with zero attached hydrogens (tertiary/aromatic N) is 1. The number of methoxy groups -OCH3 is 1. The fraction of sp³-hybridized carbons (Fsp3) is 0.500. The summed E-state index contributed by atoms with van der Waals surface area (Å²) in [5.41, 5.74) is 0.371. The van der Waals surface area contributed by atoms with Crippen molar-refractivity contribution in [3.05, 3.63) is 29.8 Å². The molecule has 1 aromatic rings. The van der Waals surface area contributed by atoms with Crippen LogP contribution >= 0.6 is 0 Å². The van der Waals surface area contributed by atoms with Crippen molar-refractivity contribution in [1.82, 2.24) is 10.6 Å². The number of amides is 2. The highest BCUT2D eigenvalue weighted by molar-refractivity contribution is 6.07. The predicted octanol–water partition coefficient (Wildman–Crippen LogP) is 1.61. The molecule has 0 fully saturated rings. The van der Waals surface area contributed by atoms with E-state index in [4.69, 9.17) is 9.57 Å². The normalized spacial score (nSPS) is 19.2. The molecule has 1 atom stereocenters. The smallest absolute Gasteiger partial charge is 0.267 e. The van der Waals surface area contributed by atoms with E-state index in [0.717, 1.165) is 5.56 Å². The molecule has 0 unspecified atom stereocenters. The van der Waals surface area contributed by atoms with Gasteiger partial charge in [-0.25, -0.2) is 0 Å². The van der Waals surface area contributed by atoms with Crippen LogP contribution in [-0.2, 0) is 14.4 Å². The summed E-state index contributed by atoms with van der Waals surface area (Å²) in [7, 11) is 1.59. The van der Waals surface area contributed by atoms with Crippen molar-refractivity contribution < 1.29 is 19.2 Å². The number of nitrogens with one attached hydrogen (secondary N) is 2. The van der Waals surface area contributed by atoms with Crippen LogP contribution in [0.3, 0.4) is 0 Å². The quantitative estimate of drug-likeness (QED) is 0.784. The standard InChI is InChI=1S/C18H25N3O4/c1-12(2)20-16(22)9-10-19-17(23)18(3)11-14(21-25-18)13-7-5-6-8-15(13)24-4/h5-8,12H,9-11H2,1-4H3,(H,19,23)(H,20,22)/t18-/m0/s1. The molecular weight excluding hydrogens is 322 g/mol. The summed E-state index contributed by atoms with van der Waals surface area (Å²) in [5.74, 6) is 0.289. The second-order valence-corrected chi connectivity index (χ2v) is 6.47. The van der Waals surface area contributed by atoms with Crippen LogP contribution in [0.25, 0.3) is 0 Å². The van der Waals surface area contributed by atoms with Crippen molar-refractivity contribution in [3.63, 3.8) is 0 Å². The SMILES string of the molecule is COc1ccccc1C1=NO[C@](C)(C(=O)NCCC(=O)NC(C)C)C1. The molecule has 2 N–H and O–H groups in total. The van der Waals surface area contributed by atoms with Crippen LogP contribution < -0.4 is 15.4 Å². The molecule has 0 spiro atoms. The lowest BCUT2D eigenvalue weighted by Crippen LogP contribution is -2.46. The minimum Gasteiger partial charge on any atom is -0.496 e. The minimum atomic E-state index is -1.09. The second-order valence-electron chi connectivity index (χ2n) is 6.47. The molecule has 1 aliphatic heterocycles. The summed E-state index contributed by atoms with van der Waals surface area (Å²) in [6.45, 7) is 5.71. The average molecular weight is 347 g/mol. The van der Waals surface area contributed by atoms with E-state index in [9.17, 15) is 9.59 Å². The van der Waals surface area contributed by atoms with Gasteiger partial charge in [0.15, 0.2) is 0 Å². The molecule has 7 nitrogen and oxygen atoms in total. The van der Waals surface area contributed by atoms with Gasteiger partial charge in [-0.05, 0) is 32.9 Å². The molecule has 0 aromatic heterocycles. The highest BCUT2D eigenvalue weighted by atomic mass is 16.7. The molecule has 7 heteroatoms. The molecule has 1 aliphatic rings. The monoisotopic (exact) mass is 347 g/mol. The molecule has 136 valence electrons. The maximum atomic E-state index is 12.4. The number of hydrogen-bond acceptors (Lipinski definition) is 5. The summed E-state index contributed by atoms with van der Waals surface area (Å²) in [6.07, 6.45) is 0.553. The molecule has 2 amide bonds. The van der Waals surface area contributed by atoms with Crippen LogP contribution in [0.5, 0.6) is 5.75 Å². The number of hydrogen-bond donors (Lipinski definition) is 2. The van der Waals surface area contributed by atoms with Crippen molar-refractivity contribution in [2.45, 2.75) is 45.3 Å². The van der Waals surface area contributed by atoms with Gasteiger partial charge >= 0.3 is 0 Å². The number of oxime groups is 1. The zero-order valence-corrected chi connectivity index (χ0v) is 15.1. The van der Waals surface area contributed by atoms with Gasteiger partial charge in [0.05, 0.1) is 12.8 Å². The Balaban J connectivity index is 1.91. The number of benzene rings is 1. The number of carbonyl (C=O) groups is 2. The second kappa shape index (κ2) is 8.00. The van der Waals surface area contributed by atoms with Gasteiger partial charge in [0.2, 0.25) is 11.5 Å². The molecule has 0 saturated carbocycles. The van der Waals surface area contributed by atoms with Crippen LogP contribution in [-0.4, -0.2) is 42.8 Å². The maximum Gasteiger partial charge on any atom is 0.267 e. The van der Waals surface area contributed by atoms with Gasteiger partial charge in [-0.1, -0.05) is 17.3 Å². The van der Waals surface area contributed by atoms with Crippen LogP contribution in [0.4, 0.5) is 0 Å². The van der Waals surface area contributed by atoms with Crippen LogP contribution in [0.2, 0.25) is 0 Å². The Hall–Kier alpha value is -2.57. The third-order valence-corrected chi connectivity index (χ3v) is 3.85. The van der Waals surface area contributed by atoms with Crippen molar-refractivity contribution in [2.75, 3.05) is 13.7 Å². The van der Waals surface area contributed by atoms with Gasteiger partial charge in [0.25, 0.3) is 5.91 Å². The molecule has 0 bridgehead atoms. The lowest BCUT2D eigenvalue weighted by Gasteiger charge is -2.20. The van der Waals surface area contributed by atoms with Crippen LogP contribution in [0.15, 0.2) is 29.4 Å². The third kappa shape index (κ3) is 4.71. The van der Waals surface area contributed by atoms with Gasteiger partial charge in [-0.3, -0.25) is 9.59 Å². The topological polar surface area (TPSA) is 89.0 Å². The van der Waals surface area contributed by atoms with E-state index in [1.165, 1.54) is 0 Å². The number of ether oxygens (including phenoxy) is 1. The lowest BCUT2D eigenvalue weighted by molar-refractivity contribution is -0.141. The molecule has 0 aliphatic carbocycles. The molecule has 0 radical (unpaired) electrons. The maximum absolute atomic E-state index is 12.4. The Morgan fingerprint density at radius 1 is 1.36 bits per heavy atom. The van der Waals surface area contributed by atoms with E-state index in [2.05, 4.69) is 15.8 Å². The summed E-state index contributed by atoms with van der Waals surface area (Å²) in [4.78, 5) is 29.5. The summed E-state index contributed by atoms with van der Waals surface area (Å²) >= 11 is 0. The first kappa shape index (κ1) is 18.8. The zero-order valence-electron chi connectivity index (χ0n) is 15.1. The van der Waals surface area contributed by atoms with Gasteiger partial charge in [0.1, 0.15) is 5.75 Å². The van der Waals surface area contributed by atoms with E-state index >= 15 is 0 Å².